The van der Waals surface area contributed by atoms with Gasteiger partial charge in [0.05, 0.1) is 25.7 Å². The number of benzene rings is 2. The van der Waals surface area contributed by atoms with Gasteiger partial charge >= 0.3 is 0 Å². The molecule has 0 aliphatic rings. The molecule has 2 aromatic rings. The second kappa shape index (κ2) is 10.4. The summed E-state index contributed by atoms with van der Waals surface area (Å²) in [6, 6.07) is 13.0. The van der Waals surface area contributed by atoms with Crippen LogP contribution >= 0.6 is 0 Å². The zero-order chi connectivity index (χ0) is 21.3. The minimum absolute atomic E-state index is 0.0468. The van der Waals surface area contributed by atoms with Crippen molar-refractivity contribution in [1.29, 1.82) is 0 Å². The second-order valence-electron chi connectivity index (χ2n) is 5.95. The van der Waals surface area contributed by atoms with Crippen molar-refractivity contribution in [1.82, 2.24) is 15.6 Å². The monoisotopic (exact) mass is 421 g/mol. The number of sulfonamides is 1. The Hall–Kier alpha value is -3.11. The summed E-state index contributed by atoms with van der Waals surface area (Å²) in [7, 11) is -0.732. The van der Waals surface area contributed by atoms with Crippen LogP contribution in [0.15, 0.2) is 53.4 Å². The second-order valence-corrected chi connectivity index (χ2v) is 7.72. The normalized spacial score (nSPS) is 10.8. The molecule has 3 N–H and O–H groups in total. The summed E-state index contributed by atoms with van der Waals surface area (Å²) in [5.41, 5.74) is 5.25. The van der Waals surface area contributed by atoms with Gasteiger partial charge in [-0.2, -0.15) is 0 Å². The summed E-state index contributed by atoms with van der Waals surface area (Å²) >= 11 is 0. The zero-order valence-corrected chi connectivity index (χ0v) is 16.9. The standard InChI is InChI=1S/C19H23N3O6S/c1-27-15-10-14(11-16(12-15)28-2)8-9-18(23)21-22-19(24)13-20-29(25,26)17-6-4-3-5-7-17/h3-7,10-12,20H,8-9,13H2,1-2H3,(H,21,23)(H,22,24). The van der Waals surface area contributed by atoms with Gasteiger partial charge in [0.2, 0.25) is 15.9 Å². The first-order valence-corrected chi connectivity index (χ1v) is 10.2. The maximum absolute atomic E-state index is 12.0. The highest BCUT2D eigenvalue weighted by Crippen LogP contribution is 2.23. The first-order valence-electron chi connectivity index (χ1n) is 8.68. The molecule has 0 aliphatic carbocycles. The summed E-state index contributed by atoms with van der Waals surface area (Å²) in [5, 5.41) is 0. The zero-order valence-electron chi connectivity index (χ0n) is 16.1. The van der Waals surface area contributed by atoms with Crippen molar-refractivity contribution in [3.05, 3.63) is 54.1 Å². The molecule has 156 valence electrons. The minimum atomic E-state index is -3.80. The molecule has 10 heteroatoms. The fourth-order valence-electron chi connectivity index (χ4n) is 2.36. The van der Waals surface area contributed by atoms with Gasteiger partial charge in [0.15, 0.2) is 0 Å². The highest BCUT2D eigenvalue weighted by molar-refractivity contribution is 7.89. The first kappa shape index (κ1) is 22.2. The van der Waals surface area contributed by atoms with Crippen molar-refractivity contribution in [3.8, 4) is 11.5 Å². The topological polar surface area (TPSA) is 123 Å². The van der Waals surface area contributed by atoms with Crippen molar-refractivity contribution < 1.29 is 27.5 Å². The van der Waals surface area contributed by atoms with Gasteiger partial charge in [-0.05, 0) is 36.2 Å². The number of nitrogens with one attached hydrogen (secondary N) is 3. The maximum atomic E-state index is 12.0. The molecule has 2 rings (SSSR count). The summed E-state index contributed by atoms with van der Waals surface area (Å²) in [5.74, 6) is 0.101. The fourth-order valence-corrected chi connectivity index (χ4v) is 3.36. The number of hydrazine groups is 1. The number of carbonyl (C=O) groups is 2. The lowest BCUT2D eigenvalue weighted by atomic mass is 10.1. The maximum Gasteiger partial charge on any atom is 0.253 e. The van der Waals surface area contributed by atoms with Gasteiger partial charge in [-0.3, -0.25) is 20.4 Å². The third kappa shape index (κ3) is 7.09. The molecular weight excluding hydrogens is 398 g/mol. The Bertz CT molecular complexity index is 925. The van der Waals surface area contributed by atoms with Crippen LogP contribution in [-0.2, 0) is 26.0 Å². The van der Waals surface area contributed by atoms with E-state index in [-0.39, 0.29) is 11.3 Å². The number of aryl methyl sites for hydroxylation is 1. The average Bonchev–Trinajstić information content (AvgIpc) is 2.75. The van der Waals surface area contributed by atoms with E-state index >= 15 is 0 Å². The quantitative estimate of drug-likeness (QED) is 0.514. The molecule has 9 nitrogen and oxygen atoms in total. The molecule has 0 heterocycles. The van der Waals surface area contributed by atoms with Gasteiger partial charge in [-0.25, -0.2) is 13.1 Å². The van der Waals surface area contributed by atoms with E-state index in [0.29, 0.717) is 17.9 Å². The molecule has 2 amide bonds. The Morgan fingerprint density at radius 3 is 2.07 bits per heavy atom. The van der Waals surface area contributed by atoms with Crippen LogP contribution in [0.2, 0.25) is 0 Å². The van der Waals surface area contributed by atoms with E-state index in [1.807, 2.05) is 0 Å². The summed E-state index contributed by atoms with van der Waals surface area (Å²) in [6.07, 6.45) is 0.502. The van der Waals surface area contributed by atoms with Gasteiger partial charge in [0.1, 0.15) is 11.5 Å². The van der Waals surface area contributed by atoms with Crippen LogP contribution in [0.25, 0.3) is 0 Å². The lowest BCUT2D eigenvalue weighted by Gasteiger charge is -2.10. The Kier molecular flexibility index (Phi) is 7.98. The molecule has 0 spiro atoms. The predicted molar refractivity (Wildman–Crippen MR) is 106 cm³/mol. The third-order valence-electron chi connectivity index (χ3n) is 3.87. The van der Waals surface area contributed by atoms with E-state index in [2.05, 4.69) is 15.6 Å². The van der Waals surface area contributed by atoms with E-state index in [1.54, 1.807) is 36.4 Å². The molecule has 29 heavy (non-hydrogen) atoms. The molecule has 0 saturated carbocycles. The van der Waals surface area contributed by atoms with Crippen LogP contribution in [0, 0.1) is 0 Å². The number of hydrogen-bond acceptors (Lipinski definition) is 6. The van der Waals surface area contributed by atoms with Gasteiger partial charge in [-0.15, -0.1) is 0 Å². The van der Waals surface area contributed by atoms with E-state index in [4.69, 9.17) is 9.47 Å². The lowest BCUT2D eigenvalue weighted by Crippen LogP contribution is -2.46. The molecule has 0 aliphatic heterocycles. The van der Waals surface area contributed by atoms with E-state index in [9.17, 15) is 18.0 Å². The molecule has 0 atom stereocenters. The van der Waals surface area contributed by atoms with Crippen LogP contribution in [0.1, 0.15) is 12.0 Å². The molecule has 0 fully saturated rings. The predicted octanol–water partition coefficient (Wildman–Crippen LogP) is 0.762. The summed E-state index contributed by atoms with van der Waals surface area (Å²) in [4.78, 5) is 23.8. The van der Waals surface area contributed by atoms with E-state index in [1.165, 1.54) is 26.4 Å². The Morgan fingerprint density at radius 1 is 0.897 bits per heavy atom. The van der Waals surface area contributed by atoms with Gasteiger partial charge in [0, 0.05) is 12.5 Å². The van der Waals surface area contributed by atoms with Gasteiger partial charge < -0.3 is 9.47 Å². The Morgan fingerprint density at radius 2 is 1.48 bits per heavy atom. The smallest absolute Gasteiger partial charge is 0.253 e. The number of rotatable bonds is 9. The average molecular weight is 421 g/mol. The van der Waals surface area contributed by atoms with Crippen molar-refractivity contribution in [2.75, 3.05) is 20.8 Å². The van der Waals surface area contributed by atoms with Gasteiger partial charge in [-0.1, -0.05) is 18.2 Å². The van der Waals surface area contributed by atoms with Crippen LogP contribution in [0.4, 0.5) is 0 Å². The van der Waals surface area contributed by atoms with Crippen LogP contribution in [-0.4, -0.2) is 41.0 Å². The highest BCUT2D eigenvalue weighted by Gasteiger charge is 2.15. The minimum Gasteiger partial charge on any atom is -0.497 e. The molecule has 2 aromatic carbocycles. The van der Waals surface area contributed by atoms with Crippen molar-refractivity contribution in [2.24, 2.45) is 0 Å². The number of hydrogen-bond donors (Lipinski definition) is 3. The molecule has 0 bridgehead atoms. The largest absolute Gasteiger partial charge is 0.497 e. The number of carbonyl (C=O) groups excluding carboxylic acids is 2. The summed E-state index contributed by atoms with van der Waals surface area (Å²) in [6.45, 7) is -0.509. The molecule has 0 radical (unpaired) electrons. The molecular formula is C19H23N3O6S. The van der Waals surface area contributed by atoms with Gasteiger partial charge in [0.25, 0.3) is 5.91 Å². The van der Waals surface area contributed by atoms with E-state index in [0.717, 1.165) is 5.56 Å². The van der Waals surface area contributed by atoms with Crippen molar-refractivity contribution in [3.63, 3.8) is 0 Å². The molecule has 0 saturated heterocycles. The fraction of sp³-hybridized carbons (Fsp3) is 0.263. The Labute approximate surface area is 169 Å². The van der Waals surface area contributed by atoms with Crippen molar-refractivity contribution >= 4 is 21.8 Å². The van der Waals surface area contributed by atoms with Crippen LogP contribution < -0.4 is 25.0 Å². The van der Waals surface area contributed by atoms with Crippen LogP contribution in [0.5, 0.6) is 11.5 Å². The van der Waals surface area contributed by atoms with E-state index < -0.39 is 28.4 Å². The SMILES string of the molecule is COc1cc(CCC(=O)NNC(=O)CNS(=O)(=O)c2ccccc2)cc(OC)c1. The number of ether oxygens (including phenoxy) is 2. The number of methoxy groups -OCH3 is 2. The van der Waals surface area contributed by atoms with Crippen molar-refractivity contribution in [2.45, 2.75) is 17.7 Å². The Balaban J connectivity index is 1.77. The molecule has 0 unspecified atom stereocenters. The van der Waals surface area contributed by atoms with Crippen LogP contribution in [0.3, 0.4) is 0 Å². The first-order chi connectivity index (χ1) is 13.8. The number of amides is 2. The third-order valence-corrected chi connectivity index (χ3v) is 5.29. The molecule has 0 aromatic heterocycles. The summed E-state index contributed by atoms with van der Waals surface area (Å²) < 4.78 is 36.6. The lowest BCUT2D eigenvalue weighted by molar-refractivity contribution is -0.128. The highest BCUT2D eigenvalue weighted by atomic mass is 32.2.